The van der Waals surface area contributed by atoms with Gasteiger partial charge in [0.2, 0.25) is 5.91 Å². The van der Waals surface area contributed by atoms with E-state index in [0.717, 1.165) is 24.3 Å². The first kappa shape index (κ1) is 23.2. The predicted octanol–water partition coefficient (Wildman–Crippen LogP) is 6.00. The molecule has 0 bridgehead atoms. The Balaban J connectivity index is 1.68. The van der Waals surface area contributed by atoms with E-state index in [0.29, 0.717) is 12.5 Å². The zero-order valence-electron chi connectivity index (χ0n) is 16.9. The van der Waals surface area contributed by atoms with E-state index in [9.17, 15) is 26.7 Å². The van der Waals surface area contributed by atoms with Crippen LogP contribution in [0.4, 0.5) is 27.6 Å². The Bertz CT molecular complexity index is 1100. The van der Waals surface area contributed by atoms with Crippen LogP contribution in [0.15, 0.2) is 47.0 Å². The third-order valence-electron chi connectivity index (χ3n) is 4.36. The lowest BCUT2D eigenvalue weighted by molar-refractivity contribution is -0.137. The molecule has 0 radical (unpaired) electrons. The number of aryl methyl sites for hydroxylation is 1. The van der Waals surface area contributed by atoms with Crippen molar-refractivity contribution >= 4 is 11.6 Å². The van der Waals surface area contributed by atoms with Gasteiger partial charge in [0.05, 0.1) is 29.6 Å². The van der Waals surface area contributed by atoms with Gasteiger partial charge in [-0.1, -0.05) is 6.92 Å². The molecule has 0 saturated heterocycles. The van der Waals surface area contributed by atoms with Crippen molar-refractivity contribution in [1.29, 1.82) is 0 Å². The first-order chi connectivity index (χ1) is 15.2. The molecule has 10 heteroatoms. The zero-order valence-corrected chi connectivity index (χ0v) is 16.9. The Morgan fingerprint density at radius 3 is 2.62 bits per heavy atom. The molecule has 32 heavy (non-hydrogen) atoms. The maximum absolute atomic E-state index is 13.9. The second-order valence-corrected chi connectivity index (χ2v) is 6.85. The number of nitrogens with zero attached hydrogens (tertiary/aromatic N) is 1. The molecule has 1 heterocycles. The average molecular weight is 454 g/mol. The largest absolute Gasteiger partial charge is 0.491 e. The highest BCUT2D eigenvalue weighted by atomic mass is 19.4. The number of alkyl halides is 3. The molecule has 3 aromatic rings. The standard InChI is InChI=1S/C22H19F5N2O3/c1-2-9-31-18-6-3-13(22(25,26)27)10-17(18)29-20(30)7-8-21-28-12-19(32-21)15-5-4-14(23)11-16(15)24/h3-6,10-12H,2,7-9H2,1H3,(H,29,30). The molecule has 0 atom stereocenters. The summed E-state index contributed by atoms with van der Waals surface area (Å²) in [6, 6.07) is 5.82. The molecular weight excluding hydrogens is 435 g/mol. The number of aromatic nitrogens is 1. The minimum absolute atomic E-state index is 0.0104. The summed E-state index contributed by atoms with van der Waals surface area (Å²) in [5.41, 5.74) is -1.01. The summed E-state index contributed by atoms with van der Waals surface area (Å²) in [4.78, 5) is 16.3. The molecular formula is C22H19F5N2O3. The molecule has 5 nitrogen and oxygen atoms in total. The molecule has 2 aromatic carbocycles. The Morgan fingerprint density at radius 2 is 1.94 bits per heavy atom. The van der Waals surface area contributed by atoms with Gasteiger partial charge in [-0.25, -0.2) is 13.8 Å². The molecule has 0 fully saturated rings. The molecule has 1 N–H and O–H groups in total. The van der Waals surface area contributed by atoms with E-state index in [1.807, 2.05) is 6.92 Å². The van der Waals surface area contributed by atoms with E-state index in [4.69, 9.17) is 9.15 Å². The number of rotatable bonds is 8. The summed E-state index contributed by atoms with van der Waals surface area (Å²) in [5.74, 6) is -1.85. The SMILES string of the molecule is CCCOc1ccc(C(F)(F)F)cc1NC(=O)CCc1ncc(-c2ccc(F)cc2F)o1. The highest BCUT2D eigenvalue weighted by Gasteiger charge is 2.31. The van der Waals surface area contributed by atoms with Gasteiger partial charge < -0.3 is 14.5 Å². The predicted molar refractivity (Wildman–Crippen MR) is 106 cm³/mol. The van der Waals surface area contributed by atoms with Crippen LogP contribution in [0.25, 0.3) is 11.3 Å². The van der Waals surface area contributed by atoms with E-state index >= 15 is 0 Å². The summed E-state index contributed by atoms with van der Waals surface area (Å²) in [6.07, 6.45) is -2.84. The van der Waals surface area contributed by atoms with Gasteiger partial charge in [0.15, 0.2) is 11.7 Å². The van der Waals surface area contributed by atoms with Gasteiger partial charge in [-0.2, -0.15) is 13.2 Å². The van der Waals surface area contributed by atoms with Crippen LogP contribution in [0.1, 0.15) is 31.2 Å². The van der Waals surface area contributed by atoms with E-state index in [2.05, 4.69) is 10.3 Å². The lowest BCUT2D eigenvalue weighted by atomic mass is 10.1. The number of amides is 1. The van der Waals surface area contributed by atoms with Crippen molar-refractivity contribution in [3.63, 3.8) is 0 Å². The van der Waals surface area contributed by atoms with Crippen molar-refractivity contribution < 1.29 is 35.9 Å². The number of carbonyl (C=O) groups is 1. The number of halogens is 5. The third-order valence-corrected chi connectivity index (χ3v) is 4.36. The molecule has 0 saturated carbocycles. The second kappa shape index (κ2) is 9.80. The number of benzene rings is 2. The van der Waals surface area contributed by atoms with Crippen LogP contribution in [-0.2, 0) is 17.4 Å². The number of carbonyl (C=O) groups excluding carboxylic acids is 1. The van der Waals surface area contributed by atoms with Crippen LogP contribution < -0.4 is 10.1 Å². The van der Waals surface area contributed by atoms with E-state index in [1.165, 1.54) is 12.3 Å². The highest BCUT2D eigenvalue weighted by molar-refractivity contribution is 5.92. The van der Waals surface area contributed by atoms with Crippen molar-refractivity contribution in [2.45, 2.75) is 32.4 Å². The van der Waals surface area contributed by atoms with Crippen LogP contribution >= 0.6 is 0 Å². The smallest absolute Gasteiger partial charge is 0.416 e. The lowest BCUT2D eigenvalue weighted by Gasteiger charge is -2.15. The molecule has 0 spiro atoms. The highest BCUT2D eigenvalue weighted by Crippen LogP contribution is 2.35. The van der Waals surface area contributed by atoms with E-state index in [-0.39, 0.29) is 48.1 Å². The molecule has 0 aliphatic rings. The molecule has 0 aliphatic carbocycles. The van der Waals surface area contributed by atoms with Gasteiger partial charge in [-0.05, 0) is 36.8 Å². The van der Waals surface area contributed by atoms with Crippen LogP contribution in [0, 0.1) is 11.6 Å². The fourth-order valence-electron chi connectivity index (χ4n) is 2.81. The summed E-state index contributed by atoms with van der Waals surface area (Å²) in [5, 5.41) is 2.42. The summed E-state index contributed by atoms with van der Waals surface area (Å²) in [6.45, 7) is 2.11. The van der Waals surface area contributed by atoms with Crippen molar-refractivity contribution in [1.82, 2.24) is 4.98 Å². The molecule has 0 aliphatic heterocycles. The van der Waals surface area contributed by atoms with Gasteiger partial charge in [-0.3, -0.25) is 4.79 Å². The van der Waals surface area contributed by atoms with Crippen molar-refractivity contribution in [2.24, 2.45) is 0 Å². The Morgan fingerprint density at radius 1 is 1.16 bits per heavy atom. The first-order valence-electron chi connectivity index (χ1n) is 9.71. The van der Waals surface area contributed by atoms with E-state index < -0.39 is 29.3 Å². The van der Waals surface area contributed by atoms with Crippen molar-refractivity contribution in [2.75, 3.05) is 11.9 Å². The fourth-order valence-corrected chi connectivity index (χ4v) is 2.81. The molecule has 3 rings (SSSR count). The maximum Gasteiger partial charge on any atom is 0.416 e. The summed E-state index contributed by atoms with van der Waals surface area (Å²) < 4.78 is 76.8. The van der Waals surface area contributed by atoms with Crippen molar-refractivity contribution in [3.05, 3.63) is 65.7 Å². The van der Waals surface area contributed by atoms with Gasteiger partial charge >= 0.3 is 6.18 Å². The number of hydrogen-bond acceptors (Lipinski definition) is 4. The molecule has 1 amide bonds. The van der Waals surface area contributed by atoms with Crippen molar-refractivity contribution in [3.8, 4) is 17.1 Å². The van der Waals surface area contributed by atoms with Crippen LogP contribution in [-0.4, -0.2) is 17.5 Å². The average Bonchev–Trinajstić information content (AvgIpc) is 3.19. The van der Waals surface area contributed by atoms with Gasteiger partial charge in [0, 0.05) is 18.9 Å². The monoisotopic (exact) mass is 454 g/mol. The van der Waals surface area contributed by atoms with Gasteiger partial charge in [-0.15, -0.1) is 0 Å². The molecule has 170 valence electrons. The summed E-state index contributed by atoms with van der Waals surface area (Å²) in [7, 11) is 0. The minimum Gasteiger partial charge on any atom is -0.491 e. The number of ether oxygens (including phenoxy) is 1. The summed E-state index contributed by atoms with van der Waals surface area (Å²) >= 11 is 0. The third kappa shape index (κ3) is 5.83. The van der Waals surface area contributed by atoms with Crippen LogP contribution in [0.3, 0.4) is 0 Å². The Hall–Kier alpha value is -3.43. The second-order valence-electron chi connectivity index (χ2n) is 6.85. The normalized spacial score (nSPS) is 11.4. The quantitative estimate of drug-likeness (QED) is 0.424. The first-order valence-corrected chi connectivity index (χ1v) is 9.71. The van der Waals surface area contributed by atoms with Crippen LogP contribution in [0.2, 0.25) is 0 Å². The van der Waals surface area contributed by atoms with Gasteiger partial charge in [0.25, 0.3) is 0 Å². The number of nitrogens with one attached hydrogen (secondary N) is 1. The molecule has 0 unspecified atom stereocenters. The molecule has 1 aromatic heterocycles. The number of anilines is 1. The van der Waals surface area contributed by atoms with E-state index in [1.54, 1.807) is 0 Å². The zero-order chi connectivity index (χ0) is 23.3. The Labute approximate surface area is 180 Å². The topological polar surface area (TPSA) is 64.4 Å². The number of hydrogen-bond donors (Lipinski definition) is 1. The van der Waals surface area contributed by atoms with Gasteiger partial charge in [0.1, 0.15) is 17.4 Å². The maximum atomic E-state index is 13.9. The lowest BCUT2D eigenvalue weighted by Crippen LogP contribution is -2.15. The Kier molecular flexibility index (Phi) is 7.12. The number of oxazole rings is 1. The fraction of sp³-hybridized carbons (Fsp3) is 0.273. The van der Waals surface area contributed by atoms with Crippen LogP contribution in [0.5, 0.6) is 5.75 Å². The minimum atomic E-state index is -4.58.